The van der Waals surface area contributed by atoms with Crippen LogP contribution < -0.4 is 104 Å². The molecule has 0 heterocycles. The molecule has 0 fully saturated rings. The molecule has 0 unspecified atom stereocenters. The van der Waals surface area contributed by atoms with Crippen molar-refractivity contribution >= 4 is 36.9 Å². The van der Waals surface area contributed by atoms with Gasteiger partial charge in [0, 0.05) is 0 Å². The van der Waals surface area contributed by atoms with E-state index in [4.69, 9.17) is 59.4 Å². The molecule has 18 heteroatoms. The van der Waals surface area contributed by atoms with Crippen LogP contribution in [0.2, 0.25) is 0 Å². The van der Waals surface area contributed by atoms with E-state index >= 15 is 0 Å². The van der Waals surface area contributed by atoms with Crippen LogP contribution in [0.5, 0.6) is 0 Å². The zero-order chi connectivity index (χ0) is 17.6. The molecule has 0 aliphatic carbocycles. The van der Waals surface area contributed by atoms with Crippen molar-refractivity contribution in [3.05, 3.63) is 0 Å². The van der Waals surface area contributed by atoms with E-state index in [2.05, 4.69) is 14.2 Å². The van der Waals surface area contributed by atoms with Crippen LogP contribution in [0.3, 0.4) is 0 Å². The van der Waals surface area contributed by atoms with Gasteiger partial charge in [0.15, 0.2) is 0 Å². The largest absolute Gasteiger partial charge is 1.00 e. The SMILES string of the molecule is O=C([O-])OC(=O)O.O=C([O-])OC(=O)O.O=C([O-])OC(=O)O.[Na+].[Na+].[Na+]. The second-order valence-electron chi connectivity index (χ2n) is 1.85. The monoisotopic (exact) mass is 384 g/mol. The Bertz CT molecular complexity index is 322. The van der Waals surface area contributed by atoms with E-state index in [1.807, 2.05) is 0 Å². The molecule has 0 aromatic carbocycles. The summed E-state index contributed by atoms with van der Waals surface area (Å²) in [5, 5.41) is 49.6. The molecule has 3 N–H and O–H groups in total. The number of carbonyl (C=O) groups is 6. The fourth-order valence-corrected chi connectivity index (χ4v) is 0.214. The van der Waals surface area contributed by atoms with Crippen molar-refractivity contribution in [3.8, 4) is 0 Å². The van der Waals surface area contributed by atoms with Crippen molar-refractivity contribution < 1.29 is 162 Å². The molecule has 0 saturated carbocycles. The van der Waals surface area contributed by atoms with Gasteiger partial charge in [-0.1, -0.05) is 0 Å². The summed E-state index contributed by atoms with van der Waals surface area (Å²) in [7, 11) is 0. The Morgan fingerprint density at radius 1 is 0.500 bits per heavy atom. The minimum atomic E-state index is -2.06. The Hall–Kier alpha value is -0.780. The van der Waals surface area contributed by atoms with Crippen molar-refractivity contribution in [2.45, 2.75) is 0 Å². The molecule has 0 radical (unpaired) electrons. The van der Waals surface area contributed by atoms with E-state index in [-0.39, 0.29) is 88.7 Å². The Balaban J connectivity index is -0.0000000476. The minimum absolute atomic E-state index is 0. The molecule has 0 aromatic heterocycles. The third-order valence-electron chi connectivity index (χ3n) is 0.512. The van der Waals surface area contributed by atoms with E-state index in [0.717, 1.165) is 0 Å². The Labute approximate surface area is 197 Å². The van der Waals surface area contributed by atoms with E-state index in [1.165, 1.54) is 0 Å². The number of ether oxygens (including phenoxy) is 3. The van der Waals surface area contributed by atoms with Crippen molar-refractivity contribution in [1.29, 1.82) is 0 Å². The predicted molar refractivity (Wildman–Crippen MR) is 43.5 cm³/mol. The second-order valence-corrected chi connectivity index (χ2v) is 1.85. The maximum Gasteiger partial charge on any atom is 1.00 e. The van der Waals surface area contributed by atoms with Crippen LogP contribution in [-0.4, -0.2) is 52.3 Å². The van der Waals surface area contributed by atoms with Crippen LogP contribution in [-0.2, 0) is 14.2 Å². The van der Waals surface area contributed by atoms with Gasteiger partial charge in [0.05, 0.1) is 0 Å². The molecule has 0 amide bonds. The van der Waals surface area contributed by atoms with E-state index in [9.17, 15) is 0 Å². The van der Waals surface area contributed by atoms with Gasteiger partial charge in [-0.15, -0.1) is 0 Å². The molecule has 0 bridgehead atoms. The minimum Gasteiger partial charge on any atom is -0.464 e. The fourth-order valence-electron chi connectivity index (χ4n) is 0.214. The molecule has 120 valence electrons. The average Bonchev–Trinajstić information content (AvgIpc) is 2.10. The van der Waals surface area contributed by atoms with Gasteiger partial charge in [-0.05, 0) is 0 Å². The maximum absolute atomic E-state index is 9.17. The first-order valence-electron chi connectivity index (χ1n) is 3.73. The smallest absolute Gasteiger partial charge is 0.464 e. The summed E-state index contributed by atoms with van der Waals surface area (Å²) in [6, 6.07) is 0. The summed E-state index contributed by atoms with van der Waals surface area (Å²) in [6.45, 7) is 0. The van der Waals surface area contributed by atoms with E-state index < -0.39 is 36.9 Å². The summed E-state index contributed by atoms with van der Waals surface area (Å²) in [6.07, 6.45) is -11.8. The third-order valence-corrected chi connectivity index (χ3v) is 0.512. The van der Waals surface area contributed by atoms with Crippen LogP contribution in [0.25, 0.3) is 0 Å². The Morgan fingerprint density at radius 3 is 0.625 bits per heavy atom. The van der Waals surface area contributed by atoms with Crippen LogP contribution in [0, 0.1) is 0 Å². The first-order chi connectivity index (χ1) is 9.38. The molecule has 24 heavy (non-hydrogen) atoms. The second kappa shape index (κ2) is 24.5. The van der Waals surface area contributed by atoms with Gasteiger partial charge in [-0.2, -0.15) is 0 Å². The van der Waals surface area contributed by atoms with E-state index in [1.54, 1.807) is 0 Å². The number of carboxylic acid groups (broad SMARTS) is 6. The Kier molecular flexibility index (Phi) is 39.4. The molecule has 0 saturated heterocycles. The topological polar surface area (TPSA) is 260 Å². The summed E-state index contributed by atoms with van der Waals surface area (Å²) in [5.74, 6) is 0. The molecule has 15 nitrogen and oxygen atoms in total. The number of carbonyl (C=O) groups excluding carboxylic acids is 3. The van der Waals surface area contributed by atoms with Gasteiger partial charge in [0.1, 0.15) is 0 Å². The summed E-state index contributed by atoms with van der Waals surface area (Å²) < 4.78 is 8.92. The number of hydrogen-bond acceptors (Lipinski definition) is 12. The third kappa shape index (κ3) is 68.9. The van der Waals surface area contributed by atoms with E-state index in [0.29, 0.717) is 0 Å². The summed E-state index contributed by atoms with van der Waals surface area (Å²) in [4.78, 5) is 54.8. The quantitative estimate of drug-likeness (QED) is 0.151. The van der Waals surface area contributed by atoms with Gasteiger partial charge in [-0.25, -0.2) is 14.4 Å². The van der Waals surface area contributed by atoms with Crippen molar-refractivity contribution in [2.24, 2.45) is 0 Å². The first-order valence-corrected chi connectivity index (χ1v) is 3.73. The normalized spacial score (nSPS) is 6.50. The molecule has 0 spiro atoms. The zero-order valence-electron chi connectivity index (χ0n) is 12.2. The molecule has 0 rings (SSSR count). The summed E-state index contributed by atoms with van der Waals surface area (Å²) >= 11 is 0. The Morgan fingerprint density at radius 2 is 0.625 bits per heavy atom. The van der Waals surface area contributed by atoms with Crippen LogP contribution >= 0.6 is 0 Å². The number of hydrogen-bond donors (Lipinski definition) is 3. The van der Waals surface area contributed by atoms with Crippen LogP contribution in [0.4, 0.5) is 28.8 Å². The van der Waals surface area contributed by atoms with Gasteiger partial charge >= 0.3 is 107 Å². The molecule has 0 atom stereocenters. The van der Waals surface area contributed by atoms with Gasteiger partial charge in [-0.3, -0.25) is 0 Å². The van der Waals surface area contributed by atoms with Gasteiger partial charge < -0.3 is 59.2 Å². The summed E-state index contributed by atoms with van der Waals surface area (Å²) in [5.41, 5.74) is 0. The average molecular weight is 384 g/mol. The number of rotatable bonds is 0. The fraction of sp³-hybridized carbons (Fsp3) is 0. The zero-order valence-corrected chi connectivity index (χ0v) is 18.2. The molecule has 0 aliphatic heterocycles. The van der Waals surface area contributed by atoms with Crippen molar-refractivity contribution in [1.82, 2.24) is 0 Å². The maximum atomic E-state index is 9.17. The molecular weight excluding hydrogens is 381 g/mol. The van der Waals surface area contributed by atoms with Crippen molar-refractivity contribution in [2.75, 3.05) is 0 Å². The predicted octanol–water partition coefficient (Wildman–Crippen LogP) is -11.9. The van der Waals surface area contributed by atoms with Gasteiger partial charge in [0.25, 0.3) is 18.5 Å². The van der Waals surface area contributed by atoms with Gasteiger partial charge in [0.2, 0.25) is 0 Å². The standard InChI is InChI=1S/3C2H2O5.3Na/c3*3-1(4)7-2(5)6;;;/h3*(H,3,4)(H,5,6);;;/q;;;3*+1/p-3. The molecule has 0 aliphatic rings. The van der Waals surface area contributed by atoms with Crippen LogP contribution in [0.15, 0.2) is 0 Å². The molecule has 0 aromatic rings. The molecular formula is C6H3Na3O15. The van der Waals surface area contributed by atoms with Crippen molar-refractivity contribution in [3.63, 3.8) is 0 Å². The first kappa shape index (κ1) is 38.7. The van der Waals surface area contributed by atoms with Crippen LogP contribution in [0.1, 0.15) is 0 Å².